The van der Waals surface area contributed by atoms with E-state index in [1.807, 2.05) is 19.9 Å². The molecule has 0 aromatic carbocycles. The van der Waals surface area contributed by atoms with Gasteiger partial charge in [0.25, 0.3) is 0 Å². The number of amides is 1. The van der Waals surface area contributed by atoms with Crippen molar-refractivity contribution in [3.8, 4) is 0 Å². The van der Waals surface area contributed by atoms with Gasteiger partial charge >= 0.3 is 0 Å². The monoisotopic (exact) mass is 278 g/mol. The second-order valence-electron chi connectivity index (χ2n) is 5.24. The van der Waals surface area contributed by atoms with Gasteiger partial charge in [-0.15, -0.1) is 0 Å². The minimum Gasteiger partial charge on any atom is -0.369 e. The van der Waals surface area contributed by atoms with Gasteiger partial charge in [0.1, 0.15) is 6.61 Å². The molecule has 1 aromatic heterocycles. The maximum absolute atomic E-state index is 11.7. The number of hydrogen-bond donors (Lipinski definition) is 1. The molecule has 0 radical (unpaired) electrons. The maximum Gasteiger partial charge on any atom is 0.246 e. The van der Waals surface area contributed by atoms with E-state index in [9.17, 15) is 4.79 Å². The summed E-state index contributed by atoms with van der Waals surface area (Å²) in [4.78, 5) is 22.3. The summed E-state index contributed by atoms with van der Waals surface area (Å²) < 4.78 is 5.29. The predicted octanol–water partition coefficient (Wildman–Crippen LogP) is 0.987. The first-order chi connectivity index (χ1) is 9.65. The van der Waals surface area contributed by atoms with Crippen LogP contribution < -0.4 is 10.2 Å². The highest BCUT2D eigenvalue weighted by atomic mass is 16.5. The van der Waals surface area contributed by atoms with Crippen LogP contribution in [0.1, 0.15) is 26.7 Å². The summed E-state index contributed by atoms with van der Waals surface area (Å²) >= 11 is 0. The number of nitrogens with one attached hydrogen (secondary N) is 1. The number of piperidine rings is 1. The number of ether oxygens (including phenoxy) is 1. The summed E-state index contributed by atoms with van der Waals surface area (Å²) in [6.07, 6.45) is 5.40. The Labute approximate surface area is 119 Å². The molecule has 1 aromatic rings. The van der Waals surface area contributed by atoms with E-state index in [1.54, 1.807) is 12.4 Å². The van der Waals surface area contributed by atoms with E-state index in [1.165, 1.54) is 0 Å². The van der Waals surface area contributed by atoms with Crippen LogP contribution in [-0.4, -0.2) is 47.7 Å². The summed E-state index contributed by atoms with van der Waals surface area (Å²) in [5, 5.41) is 3.01. The molecule has 2 heterocycles. The van der Waals surface area contributed by atoms with E-state index in [4.69, 9.17) is 4.74 Å². The molecule has 6 nitrogen and oxygen atoms in total. The fraction of sp³-hybridized carbons (Fsp3) is 0.643. The Kier molecular flexibility index (Phi) is 5.29. The number of rotatable bonds is 5. The van der Waals surface area contributed by atoms with E-state index in [-0.39, 0.29) is 24.7 Å². The molecular weight excluding hydrogens is 256 g/mol. The first-order valence-electron chi connectivity index (χ1n) is 7.08. The van der Waals surface area contributed by atoms with Crippen molar-refractivity contribution >= 4 is 11.9 Å². The van der Waals surface area contributed by atoms with Crippen molar-refractivity contribution in [2.45, 2.75) is 38.8 Å². The fourth-order valence-corrected chi connectivity index (χ4v) is 2.19. The Morgan fingerprint density at radius 2 is 2.05 bits per heavy atom. The zero-order chi connectivity index (χ0) is 14.4. The highest BCUT2D eigenvalue weighted by Gasteiger charge is 2.22. The third kappa shape index (κ3) is 4.45. The molecule has 110 valence electrons. The summed E-state index contributed by atoms with van der Waals surface area (Å²) in [6.45, 7) is 5.71. The minimum atomic E-state index is -0.0342. The summed E-state index contributed by atoms with van der Waals surface area (Å²) in [5.74, 6) is 0.730. The lowest BCUT2D eigenvalue weighted by molar-refractivity contribution is -0.127. The summed E-state index contributed by atoms with van der Waals surface area (Å²) in [7, 11) is 0. The molecule has 0 spiro atoms. The predicted molar refractivity (Wildman–Crippen MR) is 76.5 cm³/mol. The number of hydrogen-bond acceptors (Lipinski definition) is 5. The Hall–Kier alpha value is -1.69. The number of carbonyl (C=O) groups is 1. The highest BCUT2D eigenvalue weighted by Crippen LogP contribution is 2.15. The van der Waals surface area contributed by atoms with E-state index >= 15 is 0 Å². The van der Waals surface area contributed by atoms with E-state index in [0.717, 1.165) is 31.9 Å². The lowest BCUT2D eigenvalue weighted by Crippen LogP contribution is -2.46. The van der Waals surface area contributed by atoms with Gasteiger partial charge in [-0.2, -0.15) is 0 Å². The molecule has 20 heavy (non-hydrogen) atoms. The zero-order valence-electron chi connectivity index (χ0n) is 12.1. The fourth-order valence-electron chi connectivity index (χ4n) is 2.19. The summed E-state index contributed by atoms with van der Waals surface area (Å²) in [6, 6.07) is 2.03. The largest absolute Gasteiger partial charge is 0.369 e. The molecular formula is C14H22N4O2. The first kappa shape index (κ1) is 14.7. The molecule has 2 rings (SSSR count). The van der Waals surface area contributed by atoms with Crippen LogP contribution in [0.15, 0.2) is 18.5 Å². The molecule has 0 atom stereocenters. The van der Waals surface area contributed by atoms with Crippen molar-refractivity contribution < 1.29 is 9.53 Å². The molecule has 0 aliphatic carbocycles. The molecule has 0 unspecified atom stereocenters. The number of aromatic nitrogens is 2. The van der Waals surface area contributed by atoms with Crippen LogP contribution >= 0.6 is 0 Å². The molecule has 0 bridgehead atoms. The molecule has 1 aliphatic heterocycles. The van der Waals surface area contributed by atoms with E-state index in [2.05, 4.69) is 20.2 Å². The van der Waals surface area contributed by atoms with Crippen LogP contribution in [0.4, 0.5) is 5.95 Å². The standard InChI is InChI=1S/C14H22N4O2/c1-11(2)20-10-13(19)17-12-4-8-18(9-5-12)14-15-6-3-7-16-14/h3,6-7,11-12H,4-5,8-10H2,1-2H3,(H,17,19). The lowest BCUT2D eigenvalue weighted by atomic mass is 10.1. The van der Waals surface area contributed by atoms with Crippen LogP contribution in [0.5, 0.6) is 0 Å². The van der Waals surface area contributed by atoms with Crippen molar-refractivity contribution in [2.75, 3.05) is 24.6 Å². The molecule has 1 fully saturated rings. The Balaban J connectivity index is 1.73. The Morgan fingerprint density at radius 1 is 1.40 bits per heavy atom. The maximum atomic E-state index is 11.7. The highest BCUT2D eigenvalue weighted by molar-refractivity contribution is 5.77. The van der Waals surface area contributed by atoms with Crippen LogP contribution in [0.25, 0.3) is 0 Å². The van der Waals surface area contributed by atoms with E-state index in [0.29, 0.717) is 0 Å². The Bertz CT molecular complexity index is 416. The first-order valence-corrected chi connectivity index (χ1v) is 7.08. The third-order valence-electron chi connectivity index (χ3n) is 3.24. The smallest absolute Gasteiger partial charge is 0.246 e. The van der Waals surface area contributed by atoms with Crippen molar-refractivity contribution in [3.05, 3.63) is 18.5 Å². The van der Waals surface area contributed by atoms with Crippen LogP contribution in [0.2, 0.25) is 0 Å². The van der Waals surface area contributed by atoms with Crippen molar-refractivity contribution in [2.24, 2.45) is 0 Å². The lowest BCUT2D eigenvalue weighted by Gasteiger charge is -2.32. The second-order valence-corrected chi connectivity index (χ2v) is 5.24. The zero-order valence-corrected chi connectivity index (χ0v) is 12.1. The van der Waals surface area contributed by atoms with Gasteiger partial charge in [0.05, 0.1) is 6.10 Å². The average molecular weight is 278 g/mol. The van der Waals surface area contributed by atoms with Crippen molar-refractivity contribution in [1.29, 1.82) is 0 Å². The molecule has 1 N–H and O–H groups in total. The van der Waals surface area contributed by atoms with Gasteiger partial charge in [0.15, 0.2) is 0 Å². The van der Waals surface area contributed by atoms with Gasteiger partial charge in [0.2, 0.25) is 11.9 Å². The van der Waals surface area contributed by atoms with Gasteiger partial charge in [-0.1, -0.05) is 0 Å². The van der Waals surface area contributed by atoms with Crippen molar-refractivity contribution in [3.63, 3.8) is 0 Å². The second kappa shape index (κ2) is 7.19. The van der Waals surface area contributed by atoms with E-state index < -0.39 is 0 Å². The normalized spacial score (nSPS) is 16.4. The minimum absolute atomic E-state index is 0.0342. The molecule has 6 heteroatoms. The molecule has 1 amide bonds. The van der Waals surface area contributed by atoms with Crippen LogP contribution in [-0.2, 0) is 9.53 Å². The van der Waals surface area contributed by atoms with Crippen molar-refractivity contribution in [1.82, 2.24) is 15.3 Å². The number of anilines is 1. The van der Waals surface area contributed by atoms with Gasteiger partial charge in [-0.3, -0.25) is 4.79 Å². The van der Waals surface area contributed by atoms with Gasteiger partial charge in [0, 0.05) is 31.5 Å². The van der Waals surface area contributed by atoms with Crippen LogP contribution in [0, 0.1) is 0 Å². The van der Waals surface area contributed by atoms with Gasteiger partial charge in [-0.05, 0) is 32.8 Å². The molecule has 1 aliphatic rings. The topological polar surface area (TPSA) is 67.3 Å². The number of nitrogens with zero attached hydrogens (tertiary/aromatic N) is 3. The quantitative estimate of drug-likeness (QED) is 0.870. The van der Waals surface area contributed by atoms with Gasteiger partial charge in [-0.25, -0.2) is 9.97 Å². The average Bonchev–Trinajstić information content (AvgIpc) is 2.47. The molecule has 1 saturated heterocycles. The summed E-state index contributed by atoms with van der Waals surface area (Å²) in [5.41, 5.74) is 0. The van der Waals surface area contributed by atoms with Gasteiger partial charge < -0.3 is 15.0 Å². The number of carbonyl (C=O) groups excluding carboxylic acids is 1. The Morgan fingerprint density at radius 3 is 2.65 bits per heavy atom. The van der Waals surface area contributed by atoms with Crippen LogP contribution in [0.3, 0.4) is 0 Å². The third-order valence-corrected chi connectivity index (χ3v) is 3.24. The SMILES string of the molecule is CC(C)OCC(=O)NC1CCN(c2ncccn2)CC1. The molecule has 0 saturated carbocycles.